The minimum absolute atomic E-state index is 0.00244. The van der Waals surface area contributed by atoms with Crippen LogP contribution in [0.25, 0.3) is 16.6 Å². The topological polar surface area (TPSA) is 64.0 Å². The van der Waals surface area contributed by atoms with Gasteiger partial charge in [0.25, 0.3) is 5.56 Å². The van der Waals surface area contributed by atoms with Gasteiger partial charge in [0.1, 0.15) is 0 Å². The van der Waals surface area contributed by atoms with Crippen molar-refractivity contribution in [2.24, 2.45) is 0 Å². The Labute approximate surface area is 174 Å². The largest absolute Gasteiger partial charge is 0.353 e. The third-order valence-corrected chi connectivity index (χ3v) is 6.40. The van der Waals surface area contributed by atoms with Crippen LogP contribution >= 0.6 is 11.8 Å². The van der Waals surface area contributed by atoms with E-state index in [-0.39, 0.29) is 23.3 Å². The zero-order valence-corrected chi connectivity index (χ0v) is 17.6. The molecule has 0 atom stereocenters. The molecule has 1 saturated carbocycles. The fraction of sp³-hybridized carbons (Fsp3) is 0.348. The van der Waals surface area contributed by atoms with Gasteiger partial charge in [-0.3, -0.25) is 14.2 Å². The van der Waals surface area contributed by atoms with Crippen molar-refractivity contribution in [2.45, 2.75) is 50.7 Å². The Bertz CT molecular complexity index is 1100. The molecule has 2 aromatic carbocycles. The number of fused-ring (bicyclic) bond motifs is 1. The summed E-state index contributed by atoms with van der Waals surface area (Å²) in [6.45, 7) is 3.98. The molecular formula is C23H25N3O2S. The molecule has 1 N–H and O–H groups in total. The smallest absolute Gasteiger partial charge is 0.266 e. The first-order valence-corrected chi connectivity index (χ1v) is 11.0. The maximum Gasteiger partial charge on any atom is 0.266 e. The summed E-state index contributed by atoms with van der Waals surface area (Å²) in [6, 6.07) is 13.6. The van der Waals surface area contributed by atoms with Gasteiger partial charge in [-0.1, -0.05) is 54.9 Å². The third-order valence-electron chi connectivity index (χ3n) is 5.46. The van der Waals surface area contributed by atoms with Crippen LogP contribution in [0.5, 0.6) is 0 Å². The lowest BCUT2D eigenvalue weighted by Gasteiger charge is -2.17. The summed E-state index contributed by atoms with van der Waals surface area (Å²) in [6.07, 6.45) is 4.46. The predicted octanol–water partition coefficient (Wildman–Crippen LogP) is 4.15. The first-order chi connectivity index (χ1) is 14.0. The van der Waals surface area contributed by atoms with Crippen molar-refractivity contribution in [1.82, 2.24) is 14.9 Å². The standard InChI is InChI=1S/C23H25N3O2S/c1-15-8-7-9-16(2)21(15)26-22(28)18-12-5-6-13-19(18)25-23(26)29-14-20(27)24-17-10-3-4-11-17/h5-9,12-13,17H,3-4,10-11,14H2,1-2H3,(H,24,27). The molecule has 1 amide bonds. The number of amides is 1. The van der Waals surface area contributed by atoms with Gasteiger partial charge in [-0.05, 0) is 49.9 Å². The number of rotatable bonds is 5. The lowest BCUT2D eigenvalue weighted by atomic mass is 10.1. The molecule has 0 aliphatic heterocycles. The van der Waals surface area contributed by atoms with Crippen LogP contribution in [0.15, 0.2) is 52.4 Å². The first-order valence-electron chi connectivity index (χ1n) is 10.0. The number of nitrogens with one attached hydrogen (secondary N) is 1. The van der Waals surface area contributed by atoms with Gasteiger partial charge in [0.05, 0.1) is 22.3 Å². The average molecular weight is 408 g/mol. The van der Waals surface area contributed by atoms with E-state index in [1.165, 1.54) is 24.6 Å². The zero-order valence-electron chi connectivity index (χ0n) is 16.8. The number of para-hydroxylation sites is 2. The van der Waals surface area contributed by atoms with Gasteiger partial charge >= 0.3 is 0 Å². The zero-order chi connectivity index (χ0) is 20.4. The summed E-state index contributed by atoms with van der Waals surface area (Å²) in [4.78, 5) is 30.6. The van der Waals surface area contributed by atoms with Crippen molar-refractivity contribution in [3.8, 4) is 5.69 Å². The first kappa shape index (κ1) is 19.7. The highest BCUT2D eigenvalue weighted by atomic mass is 32.2. The van der Waals surface area contributed by atoms with Gasteiger partial charge in [-0.25, -0.2) is 4.98 Å². The lowest BCUT2D eigenvalue weighted by molar-refractivity contribution is -0.119. The number of thioether (sulfide) groups is 1. The van der Waals surface area contributed by atoms with E-state index < -0.39 is 0 Å². The second kappa shape index (κ2) is 8.41. The van der Waals surface area contributed by atoms with Crippen LogP contribution in [-0.2, 0) is 4.79 Å². The Morgan fingerprint density at radius 2 is 1.79 bits per heavy atom. The summed E-state index contributed by atoms with van der Waals surface area (Å²) in [7, 11) is 0. The van der Waals surface area contributed by atoms with Crippen molar-refractivity contribution in [3.05, 3.63) is 63.9 Å². The maximum atomic E-state index is 13.4. The molecule has 0 spiro atoms. The molecule has 6 heteroatoms. The Morgan fingerprint density at radius 1 is 1.10 bits per heavy atom. The number of hydrogen-bond acceptors (Lipinski definition) is 4. The van der Waals surface area contributed by atoms with Gasteiger partial charge in [0.15, 0.2) is 5.16 Å². The monoisotopic (exact) mass is 407 g/mol. The molecule has 29 heavy (non-hydrogen) atoms. The van der Waals surface area contributed by atoms with E-state index in [9.17, 15) is 9.59 Å². The normalized spacial score (nSPS) is 14.4. The molecule has 0 unspecified atom stereocenters. The van der Waals surface area contributed by atoms with Crippen molar-refractivity contribution in [1.29, 1.82) is 0 Å². The van der Waals surface area contributed by atoms with Crippen molar-refractivity contribution in [3.63, 3.8) is 0 Å². The number of nitrogens with zero attached hydrogens (tertiary/aromatic N) is 2. The van der Waals surface area contributed by atoms with E-state index >= 15 is 0 Å². The molecule has 1 heterocycles. The molecule has 0 bridgehead atoms. The van der Waals surface area contributed by atoms with Crippen molar-refractivity contribution in [2.75, 3.05) is 5.75 Å². The molecule has 1 aromatic heterocycles. The van der Waals surface area contributed by atoms with Gasteiger partial charge in [-0.2, -0.15) is 0 Å². The highest BCUT2D eigenvalue weighted by Gasteiger charge is 2.20. The summed E-state index contributed by atoms with van der Waals surface area (Å²) in [5, 5.41) is 4.24. The van der Waals surface area contributed by atoms with Crippen LogP contribution in [0.1, 0.15) is 36.8 Å². The van der Waals surface area contributed by atoms with Crippen LogP contribution in [0.2, 0.25) is 0 Å². The average Bonchev–Trinajstić information content (AvgIpc) is 3.21. The minimum atomic E-state index is -0.105. The van der Waals surface area contributed by atoms with E-state index in [1.54, 1.807) is 10.6 Å². The fourth-order valence-corrected chi connectivity index (χ4v) is 4.84. The molecule has 1 aliphatic rings. The number of carbonyl (C=O) groups excluding carboxylic acids is 1. The third kappa shape index (κ3) is 4.08. The Morgan fingerprint density at radius 3 is 2.52 bits per heavy atom. The van der Waals surface area contributed by atoms with Crippen molar-refractivity contribution >= 4 is 28.6 Å². The Kier molecular flexibility index (Phi) is 5.72. The molecule has 1 aliphatic carbocycles. The SMILES string of the molecule is Cc1cccc(C)c1-n1c(SCC(=O)NC2CCCC2)nc2ccccc2c1=O. The molecule has 5 nitrogen and oxygen atoms in total. The summed E-state index contributed by atoms with van der Waals surface area (Å²) in [5.74, 6) is 0.240. The van der Waals surface area contributed by atoms with E-state index in [1.807, 2.05) is 50.2 Å². The number of benzene rings is 2. The van der Waals surface area contributed by atoms with Crippen LogP contribution in [0, 0.1) is 13.8 Å². The molecular weight excluding hydrogens is 382 g/mol. The molecule has 1 fully saturated rings. The lowest BCUT2D eigenvalue weighted by Crippen LogP contribution is -2.34. The second-order valence-electron chi connectivity index (χ2n) is 7.63. The molecule has 0 saturated heterocycles. The maximum absolute atomic E-state index is 13.4. The van der Waals surface area contributed by atoms with Gasteiger partial charge < -0.3 is 5.32 Å². The Hall–Kier alpha value is -2.60. The van der Waals surface area contributed by atoms with Crippen LogP contribution in [-0.4, -0.2) is 27.3 Å². The van der Waals surface area contributed by atoms with E-state index in [0.29, 0.717) is 16.1 Å². The van der Waals surface area contributed by atoms with E-state index in [4.69, 9.17) is 4.98 Å². The van der Waals surface area contributed by atoms with Crippen LogP contribution in [0.4, 0.5) is 0 Å². The van der Waals surface area contributed by atoms with E-state index in [0.717, 1.165) is 29.7 Å². The molecule has 3 aromatic rings. The predicted molar refractivity (Wildman–Crippen MR) is 118 cm³/mol. The van der Waals surface area contributed by atoms with Crippen molar-refractivity contribution < 1.29 is 4.79 Å². The molecule has 4 rings (SSSR count). The number of aromatic nitrogens is 2. The molecule has 0 radical (unpaired) electrons. The van der Waals surface area contributed by atoms with Crippen LogP contribution < -0.4 is 10.9 Å². The summed E-state index contributed by atoms with van der Waals surface area (Å²) in [5.41, 5.74) is 3.39. The molecule has 150 valence electrons. The van der Waals surface area contributed by atoms with Gasteiger partial charge in [0, 0.05) is 6.04 Å². The quantitative estimate of drug-likeness (QED) is 0.510. The minimum Gasteiger partial charge on any atom is -0.353 e. The summed E-state index contributed by atoms with van der Waals surface area (Å²) >= 11 is 1.32. The van der Waals surface area contributed by atoms with Crippen LogP contribution in [0.3, 0.4) is 0 Å². The van der Waals surface area contributed by atoms with Gasteiger partial charge in [0.2, 0.25) is 5.91 Å². The number of aryl methyl sites for hydroxylation is 2. The number of hydrogen-bond donors (Lipinski definition) is 1. The van der Waals surface area contributed by atoms with Gasteiger partial charge in [-0.15, -0.1) is 0 Å². The Balaban J connectivity index is 1.74. The van der Waals surface area contributed by atoms with E-state index in [2.05, 4.69) is 5.32 Å². The number of carbonyl (C=O) groups is 1. The summed E-state index contributed by atoms with van der Waals surface area (Å²) < 4.78 is 1.67. The highest BCUT2D eigenvalue weighted by Crippen LogP contribution is 2.25. The fourth-order valence-electron chi connectivity index (χ4n) is 4.03. The second-order valence-corrected chi connectivity index (χ2v) is 8.57. The highest BCUT2D eigenvalue weighted by molar-refractivity contribution is 7.99.